The molecule has 0 saturated heterocycles. The number of hydrogen-bond donors (Lipinski definition) is 1. The van der Waals surface area contributed by atoms with Crippen LogP contribution in [-0.4, -0.2) is 12.6 Å². The third kappa shape index (κ3) is 3.93. The van der Waals surface area contributed by atoms with Gasteiger partial charge in [0.1, 0.15) is 5.82 Å². The summed E-state index contributed by atoms with van der Waals surface area (Å²) in [7, 11) is 0. The van der Waals surface area contributed by atoms with E-state index in [1.807, 2.05) is 13.0 Å². The predicted molar refractivity (Wildman–Crippen MR) is 81.0 cm³/mol. The highest BCUT2D eigenvalue weighted by Gasteiger charge is 2.21. The van der Waals surface area contributed by atoms with Crippen molar-refractivity contribution in [2.45, 2.75) is 59.0 Å². The molecule has 0 amide bonds. The molecular weight excluding hydrogens is 239 g/mol. The van der Waals surface area contributed by atoms with Gasteiger partial charge in [-0.2, -0.15) is 0 Å². The number of benzene rings is 1. The van der Waals surface area contributed by atoms with Gasteiger partial charge in [0.25, 0.3) is 0 Å². The van der Waals surface area contributed by atoms with E-state index in [2.05, 4.69) is 25.7 Å². The van der Waals surface area contributed by atoms with Gasteiger partial charge in [0, 0.05) is 18.6 Å². The lowest BCUT2D eigenvalue weighted by molar-refractivity contribution is 0.558. The third-order valence-electron chi connectivity index (χ3n) is 3.67. The third-order valence-corrected chi connectivity index (χ3v) is 3.67. The maximum Gasteiger partial charge on any atom is 0.146 e. The molecule has 3 heteroatoms. The van der Waals surface area contributed by atoms with E-state index in [9.17, 15) is 4.39 Å². The topological polar surface area (TPSA) is 29.3 Å². The summed E-state index contributed by atoms with van der Waals surface area (Å²) in [6.45, 7) is 9.23. The van der Waals surface area contributed by atoms with Crippen LogP contribution in [0.1, 0.15) is 58.6 Å². The highest BCUT2D eigenvalue weighted by Crippen LogP contribution is 2.30. The second kappa shape index (κ2) is 7.49. The Morgan fingerprint density at radius 1 is 1.26 bits per heavy atom. The normalized spacial score (nSPS) is 14.2. The minimum Gasteiger partial charge on any atom is -0.366 e. The van der Waals surface area contributed by atoms with Gasteiger partial charge in [0.05, 0.1) is 5.69 Å². The summed E-state index contributed by atoms with van der Waals surface area (Å²) in [5, 5.41) is 0. The second-order valence-electron chi connectivity index (χ2n) is 5.27. The number of para-hydroxylation sites is 1. The molecule has 19 heavy (non-hydrogen) atoms. The van der Waals surface area contributed by atoms with Gasteiger partial charge >= 0.3 is 0 Å². The highest BCUT2D eigenvalue weighted by atomic mass is 19.1. The largest absolute Gasteiger partial charge is 0.366 e. The van der Waals surface area contributed by atoms with Crippen LogP contribution >= 0.6 is 0 Å². The van der Waals surface area contributed by atoms with Crippen molar-refractivity contribution in [3.8, 4) is 0 Å². The SMILES string of the molecule is CCCCN(c1c(F)cccc1[C@@H](C)N)C(C)CC. The molecule has 0 bridgehead atoms. The Morgan fingerprint density at radius 3 is 2.47 bits per heavy atom. The predicted octanol–water partition coefficient (Wildman–Crippen LogP) is 4.25. The smallest absolute Gasteiger partial charge is 0.146 e. The number of nitrogens with two attached hydrogens (primary N) is 1. The van der Waals surface area contributed by atoms with Crippen LogP contribution in [0.25, 0.3) is 0 Å². The van der Waals surface area contributed by atoms with Crippen LogP contribution < -0.4 is 10.6 Å². The summed E-state index contributed by atoms with van der Waals surface area (Å²) in [6, 6.07) is 5.37. The van der Waals surface area contributed by atoms with Gasteiger partial charge in [0.15, 0.2) is 0 Å². The van der Waals surface area contributed by atoms with Crippen molar-refractivity contribution in [3.05, 3.63) is 29.6 Å². The highest BCUT2D eigenvalue weighted by molar-refractivity contribution is 5.56. The van der Waals surface area contributed by atoms with Crippen LogP contribution in [0.5, 0.6) is 0 Å². The molecule has 1 aromatic rings. The molecule has 0 fully saturated rings. The van der Waals surface area contributed by atoms with Crippen molar-refractivity contribution in [2.24, 2.45) is 5.73 Å². The quantitative estimate of drug-likeness (QED) is 0.799. The van der Waals surface area contributed by atoms with Gasteiger partial charge in [-0.25, -0.2) is 4.39 Å². The van der Waals surface area contributed by atoms with Gasteiger partial charge in [-0.3, -0.25) is 0 Å². The average Bonchev–Trinajstić information content (AvgIpc) is 2.39. The van der Waals surface area contributed by atoms with E-state index in [0.717, 1.165) is 31.4 Å². The number of hydrogen-bond acceptors (Lipinski definition) is 2. The Labute approximate surface area is 116 Å². The Kier molecular flexibility index (Phi) is 6.29. The molecule has 0 heterocycles. The maximum absolute atomic E-state index is 14.3. The molecule has 0 aliphatic rings. The zero-order valence-electron chi connectivity index (χ0n) is 12.6. The Balaban J connectivity index is 3.20. The first-order valence-corrected chi connectivity index (χ1v) is 7.33. The summed E-state index contributed by atoms with van der Waals surface area (Å²) in [4.78, 5) is 2.18. The minimum atomic E-state index is -0.161. The zero-order chi connectivity index (χ0) is 14.4. The molecule has 2 nitrogen and oxygen atoms in total. The van der Waals surface area contributed by atoms with Crippen molar-refractivity contribution in [2.75, 3.05) is 11.4 Å². The van der Waals surface area contributed by atoms with E-state index < -0.39 is 0 Å². The average molecular weight is 266 g/mol. The molecule has 0 aliphatic heterocycles. The summed E-state index contributed by atoms with van der Waals surface area (Å²) >= 11 is 0. The first kappa shape index (κ1) is 16.0. The van der Waals surface area contributed by atoms with E-state index >= 15 is 0 Å². The van der Waals surface area contributed by atoms with Crippen LogP contribution in [0, 0.1) is 5.82 Å². The molecule has 108 valence electrons. The number of unbranched alkanes of at least 4 members (excludes halogenated alkanes) is 1. The molecule has 0 spiro atoms. The minimum absolute atomic E-state index is 0.154. The zero-order valence-corrected chi connectivity index (χ0v) is 12.6. The number of halogens is 1. The lowest BCUT2D eigenvalue weighted by Gasteiger charge is -2.33. The Hall–Kier alpha value is -1.09. The van der Waals surface area contributed by atoms with E-state index in [4.69, 9.17) is 5.73 Å². The van der Waals surface area contributed by atoms with Crippen LogP contribution in [-0.2, 0) is 0 Å². The molecular formula is C16H27FN2. The molecule has 2 N–H and O–H groups in total. The second-order valence-corrected chi connectivity index (χ2v) is 5.27. The Bertz CT molecular complexity index is 390. The molecule has 0 radical (unpaired) electrons. The van der Waals surface area contributed by atoms with Crippen LogP contribution in [0.15, 0.2) is 18.2 Å². The molecule has 0 aliphatic carbocycles. The number of nitrogens with zero attached hydrogens (tertiary/aromatic N) is 1. The first-order chi connectivity index (χ1) is 9.02. The van der Waals surface area contributed by atoms with Gasteiger partial charge in [-0.15, -0.1) is 0 Å². The fraction of sp³-hybridized carbons (Fsp3) is 0.625. The van der Waals surface area contributed by atoms with Crippen molar-refractivity contribution in [1.29, 1.82) is 0 Å². The molecule has 0 aromatic heterocycles. The van der Waals surface area contributed by atoms with E-state index in [-0.39, 0.29) is 11.9 Å². The van der Waals surface area contributed by atoms with Crippen molar-refractivity contribution in [3.63, 3.8) is 0 Å². The summed E-state index contributed by atoms with van der Waals surface area (Å²) in [5.41, 5.74) is 7.59. The van der Waals surface area contributed by atoms with E-state index in [0.29, 0.717) is 11.7 Å². The summed E-state index contributed by atoms with van der Waals surface area (Å²) in [5.74, 6) is -0.161. The van der Waals surface area contributed by atoms with Crippen molar-refractivity contribution < 1.29 is 4.39 Å². The maximum atomic E-state index is 14.3. The van der Waals surface area contributed by atoms with E-state index in [1.165, 1.54) is 6.07 Å². The Morgan fingerprint density at radius 2 is 1.95 bits per heavy atom. The molecule has 0 saturated carbocycles. The van der Waals surface area contributed by atoms with Crippen LogP contribution in [0.3, 0.4) is 0 Å². The fourth-order valence-corrected chi connectivity index (χ4v) is 2.30. The molecule has 1 rings (SSSR count). The molecule has 1 unspecified atom stereocenters. The van der Waals surface area contributed by atoms with Crippen molar-refractivity contribution in [1.82, 2.24) is 0 Å². The number of rotatable bonds is 7. The van der Waals surface area contributed by atoms with Crippen LogP contribution in [0.4, 0.5) is 10.1 Å². The first-order valence-electron chi connectivity index (χ1n) is 7.33. The van der Waals surface area contributed by atoms with Gasteiger partial charge in [-0.1, -0.05) is 32.4 Å². The van der Waals surface area contributed by atoms with Crippen molar-refractivity contribution >= 4 is 5.69 Å². The summed E-state index contributed by atoms with van der Waals surface area (Å²) < 4.78 is 14.3. The molecule has 2 atom stereocenters. The van der Waals surface area contributed by atoms with Crippen LogP contribution in [0.2, 0.25) is 0 Å². The monoisotopic (exact) mass is 266 g/mol. The van der Waals surface area contributed by atoms with Gasteiger partial charge in [-0.05, 0) is 38.3 Å². The van der Waals surface area contributed by atoms with E-state index in [1.54, 1.807) is 6.07 Å². The lowest BCUT2D eigenvalue weighted by Crippen LogP contribution is -2.35. The summed E-state index contributed by atoms with van der Waals surface area (Å²) in [6.07, 6.45) is 3.17. The van der Waals surface area contributed by atoms with Gasteiger partial charge < -0.3 is 10.6 Å². The standard InChI is InChI=1S/C16H27FN2/c1-5-7-11-19(12(3)6-2)16-14(13(4)18)9-8-10-15(16)17/h8-10,12-13H,5-7,11,18H2,1-4H3/t12?,13-/m1/s1. The fourth-order valence-electron chi connectivity index (χ4n) is 2.30. The molecule has 1 aromatic carbocycles. The number of anilines is 1. The lowest BCUT2D eigenvalue weighted by atomic mass is 10.0. The van der Waals surface area contributed by atoms with Gasteiger partial charge in [0.2, 0.25) is 0 Å².